The van der Waals surface area contributed by atoms with Crippen LogP contribution in [-0.2, 0) is 0 Å². The maximum atomic E-state index is 13.7. The first kappa shape index (κ1) is 22.8. The average Bonchev–Trinajstić information content (AvgIpc) is 3.33. The number of carbonyl (C=O) groups is 1. The maximum absolute atomic E-state index is 13.7. The lowest BCUT2D eigenvalue weighted by Crippen LogP contribution is -2.43. The lowest BCUT2D eigenvalue weighted by molar-refractivity contribution is 0.102. The Labute approximate surface area is 212 Å². The van der Waals surface area contributed by atoms with Crippen molar-refractivity contribution in [2.75, 3.05) is 36.4 Å². The zero-order chi connectivity index (χ0) is 25.2. The number of pyridine rings is 2. The van der Waals surface area contributed by atoms with Crippen molar-refractivity contribution in [3.05, 3.63) is 96.4 Å². The minimum Gasteiger partial charge on any atom is -0.354 e. The Bertz CT molecular complexity index is 1560. The average molecular weight is 494 g/mol. The molecule has 37 heavy (non-hydrogen) atoms. The summed E-state index contributed by atoms with van der Waals surface area (Å²) in [4.78, 5) is 29.2. The van der Waals surface area contributed by atoms with Gasteiger partial charge in [0.1, 0.15) is 28.8 Å². The van der Waals surface area contributed by atoms with Crippen LogP contribution in [0.1, 0.15) is 10.4 Å². The number of rotatable bonds is 5. The van der Waals surface area contributed by atoms with Gasteiger partial charge in [0.25, 0.3) is 5.91 Å². The fraction of sp³-hybridized carbons (Fsp3) is 0.143. The van der Waals surface area contributed by atoms with E-state index in [9.17, 15) is 9.18 Å². The highest BCUT2D eigenvalue weighted by molar-refractivity contribution is 6.03. The molecule has 6 rings (SSSR count). The Kier molecular flexibility index (Phi) is 6.03. The fourth-order valence-electron chi connectivity index (χ4n) is 4.46. The molecule has 3 aromatic heterocycles. The van der Waals surface area contributed by atoms with Crippen molar-refractivity contribution in [1.29, 1.82) is 0 Å². The Morgan fingerprint density at radius 1 is 0.919 bits per heavy atom. The number of anilines is 2. The number of piperazine rings is 1. The predicted molar refractivity (Wildman–Crippen MR) is 142 cm³/mol. The van der Waals surface area contributed by atoms with Gasteiger partial charge in [0.15, 0.2) is 5.65 Å². The molecule has 0 bridgehead atoms. The van der Waals surface area contributed by atoms with Crippen molar-refractivity contribution >= 4 is 28.7 Å². The summed E-state index contributed by atoms with van der Waals surface area (Å²) in [5, 5.41) is 6.23. The van der Waals surface area contributed by atoms with E-state index in [1.807, 2.05) is 41.0 Å². The number of amides is 1. The highest BCUT2D eigenvalue weighted by atomic mass is 19.1. The van der Waals surface area contributed by atoms with E-state index < -0.39 is 0 Å². The van der Waals surface area contributed by atoms with Gasteiger partial charge < -0.3 is 15.5 Å². The van der Waals surface area contributed by atoms with Crippen LogP contribution in [0.25, 0.3) is 28.2 Å². The van der Waals surface area contributed by atoms with Gasteiger partial charge in [-0.3, -0.25) is 9.36 Å². The summed E-state index contributed by atoms with van der Waals surface area (Å²) in [6, 6.07) is 22.8. The number of benzene rings is 2. The van der Waals surface area contributed by atoms with Crippen molar-refractivity contribution in [3.8, 4) is 17.1 Å². The predicted octanol–water partition coefficient (Wildman–Crippen LogP) is 4.28. The molecule has 1 saturated heterocycles. The first-order valence-corrected chi connectivity index (χ1v) is 12.1. The topological polar surface area (TPSA) is 88.0 Å². The molecule has 2 N–H and O–H groups in total. The quantitative estimate of drug-likeness (QED) is 0.380. The number of hydrogen-bond donors (Lipinski definition) is 2. The van der Waals surface area contributed by atoms with Crippen LogP contribution >= 0.6 is 0 Å². The van der Waals surface area contributed by atoms with E-state index in [4.69, 9.17) is 9.97 Å². The maximum Gasteiger partial charge on any atom is 0.256 e. The second-order valence-electron chi connectivity index (χ2n) is 8.75. The summed E-state index contributed by atoms with van der Waals surface area (Å²) in [5.41, 5.74) is 3.39. The molecule has 9 heteroatoms. The van der Waals surface area contributed by atoms with E-state index in [1.54, 1.807) is 36.5 Å². The third kappa shape index (κ3) is 4.64. The number of nitrogens with zero attached hydrogens (tertiary/aromatic N) is 5. The van der Waals surface area contributed by atoms with E-state index in [-0.39, 0.29) is 11.7 Å². The monoisotopic (exact) mass is 493 g/mol. The lowest BCUT2D eigenvalue weighted by Gasteiger charge is -2.28. The summed E-state index contributed by atoms with van der Waals surface area (Å²) in [7, 11) is 0. The molecule has 1 aliphatic heterocycles. The zero-order valence-electron chi connectivity index (χ0n) is 19.9. The Hall–Kier alpha value is -4.63. The summed E-state index contributed by atoms with van der Waals surface area (Å²) in [6.45, 7) is 3.52. The molecule has 0 atom stereocenters. The van der Waals surface area contributed by atoms with Gasteiger partial charge in [-0.1, -0.05) is 18.2 Å². The van der Waals surface area contributed by atoms with Gasteiger partial charge in [-0.2, -0.15) is 0 Å². The number of fused-ring (bicyclic) bond motifs is 1. The Balaban J connectivity index is 1.46. The SMILES string of the molecule is O=C(Nc1cc(-n2c(-c3ccc(F)cc3)nc3ccc(N4CCNCC4)nc32)ccn1)c1ccccc1. The molecule has 2 aromatic carbocycles. The number of nitrogens with one attached hydrogen (secondary N) is 2. The van der Waals surface area contributed by atoms with Gasteiger partial charge in [0, 0.05) is 49.6 Å². The number of carbonyl (C=O) groups excluding carboxylic acids is 1. The van der Waals surface area contributed by atoms with Crippen LogP contribution in [0, 0.1) is 5.82 Å². The lowest BCUT2D eigenvalue weighted by atomic mass is 10.2. The molecular formula is C28H24FN7O. The number of imidazole rings is 1. The van der Waals surface area contributed by atoms with Gasteiger partial charge in [0.05, 0.1) is 5.69 Å². The fourth-order valence-corrected chi connectivity index (χ4v) is 4.46. The summed E-state index contributed by atoms with van der Waals surface area (Å²) in [5.74, 6) is 1.31. The van der Waals surface area contributed by atoms with Crippen molar-refractivity contribution in [1.82, 2.24) is 24.8 Å². The van der Waals surface area contributed by atoms with Gasteiger partial charge >= 0.3 is 0 Å². The van der Waals surface area contributed by atoms with Crippen molar-refractivity contribution in [2.24, 2.45) is 0 Å². The van der Waals surface area contributed by atoms with E-state index in [1.165, 1.54) is 12.1 Å². The summed E-state index contributed by atoms with van der Waals surface area (Å²) < 4.78 is 15.6. The second kappa shape index (κ2) is 9.79. The van der Waals surface area contributed by atoms with Gasteiger partial charge in [-0.15, -0.1) is 0 Å². The molecule has 1 aliphatic rings. The third-order valence-corrected chi connectivity index (χ3v) is 6.31. The number of aromatic nitrogens is 4. The van der Waals surface area contributed by atoms with Crippen LogP contribution in [0.4, 0.5) is 16.0 Å². The molecule has 1 fully saturated rings. The highest BCUT2D eigenvalue weighted by Gasteiger charge is 2.19. The van der Waals surface area contributed by atoms with Gasteiger partial charge in [-0.25, -0.2) is 19.3 Å². The molecule has 0 radical (unpaired) electrons. The van der Waals surface area contributed by atoms with Crippen molar-refractivity contribution in [2.45, 2.75) is 0 Å². The molecular weight excluding hydrogens is 469 g/mol. The van der Waals surface area contributed by atoms with E-state index in [0.29, 0.717) is 28.4 Å². The molecule has 184 valence electrons. The smallest absolute Gasteiger partial charge is 0.256 e. The first-order chi connectivity index (χ1) is 18.2. The third-order valence-electron chi connectivity index (χ3n) is 6.31. The summed E-state index contributed by atoms with van der Waals surface area (Å²) in [6.07, 6.45) is 1.64. The molecule has 0 saturated carbocycles. The molecule has 8 nitrogen and oxygen atoms in total. The minimum atomic E-state index is -0.319. The molecule has 0 spiro atoms. The molecule has 0 unspecified atom stereocenters. The molecule has 5 aromatic rings. The van der Waals surface area contributed by atoms with Crippen LogP contribution in [0.15, 0.2) is 85.1 Å². The van der Waals surface area contributed by atoms with Crippen LogP contribution in [0.2, 0.25) is 0 Å². The van der Waals surface area contributed by atoms with E-state index >= 15 is 0 Å². The van der Waals surface area contributed by atoms with Crippen LogP contribution in [0.5, 0.6) is 0 Å². The normalized spacial score (nSPS) is 13.6. The second-order valence-corrected chi connectivity index (χ2v) is 8.75. The standard InChI is InChI=1S/C28H24FN7O/c29-21-8-6-19(7-9-21)26-32-23-10-11-25(35-16-14-30-15-17-35)34-27(23)36(26)22-12-13-31-24(18-22)33-28(37)20-4-2-1-3-5-20/h1-13,18,30H,14-17H2,(H,31,33,37). The minimum absolute atomic E-state index is 0.251. The van der Waals surface area contributed by atoms with Crippen LogP contribution in [-0.4, -0.2) is 51.6 Å². The van der Waals surface area contributed by atoms with E-state index in [0.717, 1.165) is 43.2 Å². The molecule has 0 aliphatic carbocycles. The van der Waals surface area contributed by atoms with Crippen molar-refractivity contribution < 1.29 is 9.18 Å². The Morgan fingerprint density at radius 2 is 1.70 bits per heavy atom. The summed E-state index contributed by atoms with van der Waals surface area (Å²) >= 11 is 0. The van der Waals surface area contributed by atoms with Gasteiger partial charge in [-0.05, 0) is 54.6 Å². The zero-order valence-corrected chi connectivity index (χ0v) is 19.9. The van der Waals surface area contributed by atoms with Crippen LogP contribution in [0.3, 0.4) is 0 Å². The van der Waals surface area contributed by atoms with Gasteiger partial charge in [0.2, 0.25) is 0 Å². The number of hydrogen-bond acceptors (Lipinski definition) is 6. The first-order valence-electron chi connectivity index (χ1n) is 12.1. The van der Waals surface area contributed by atoms with E-state index in [2.05, 4.69) is 20.5 Å². The number of halogens is 1. The van der Waals surface area contributed by atoms with Crippen LogP contribution < -0.4 is 15.5 Å². The van der Waals surface area contributed by atoms with Crippen molar-refractivity contribution in [3.63, 3.8) is 0 Å². The molecule has 4 heterocycles. The molecule has 1 amide bonds. The Morgan fingerprint density at radius 3 is 2.49 bits per heavy atom. The largest absolute Gasteiger partial charge is 0.354 e. The highest BCUT2D eigenvalue weighted by Crippen LogP contribution is 2.30.